The summed E-state index contributed by atoms with van der Waals surface area (Å²) in [5, 5.41) is 6.25. The fourth-order valence-corrected chi connectivity index (χ4v) is 4.14. The highest BCUT2D eigenvalue weighted by atomic mass is 16.5. The smallest absolute Gasteiger partial charge is 0.409 e. The zero-order valence-corrected chi connectivity index (χ0v) is 18.8. The molecule has 2 fully saturated rings. The molecule has 0 aromatic heterocycles. The Bertz CT molecular complexity index is 999. The lowest BCUT2D eigenvalue weighted by atomic mass is 10.1. The Morgan fingerprint density at radius 3 is 2.21 bits per heavy atom. The SMILES string of the molecule is COC(=O)N1CCN(c2ccc(C(=O)N3CCNCC3)cc2NC(=O)c2ccccc2)CC1. The van der Waals surface area contributed by atoms with Gasteiger partial charge in [0, 0.05) is 63.5 Å². The summed E-state index contributed by atoms with van der Waals surface area (Å²) in [4.78, 5) is 43.4. The van der Waals surface area contributed by atoms with Gasteiger partial charge in [0.25, 0.3) is 11.8 Å². The van der Waals surface area contributed by atoms with Crippen LogP contribution in [0.4, 0.5) is 16.2 Å². The molecule has 0 spiro atoms. The van der Waals surface area contributed by atoms with Gasteiger partial charge in [-0.3, -0.25) is 9.59 Å². The van der Waals surface area contributed by atoms with Gasteiger partial charge in [-0.15, -0.1) is 0 Å². The maximum absolute atomic E-state index is 13.1. The molecule has 4 rings (SSSR count). The van der Waals surface area contributed by atoms with Crippen molar-refractivity contribution in [2.75, 3.05) is 69.7 Å². The predicted molar refractivity (Wildman–Crippen MR) is 126 cm³/mol. The maximum Gasteiger partial charge on any atom is 0.409 e. The van der Waals surface area contributed by atoms with Gasteiger partial charge in [0.15, 0.2) is 0 Å². The quantitative estimate of drug-likeness (QED) is 0.737. The Balaban J connectivity index is 1.59. The average molecular weight is 452 g/mol. The van der Waals surface area contributed by atoms with Crippen molar-refractivity contribution in [1.29, 1.82) is 0 Å². The first kappa shape index (κ1) is 22.6. The van der Waals surface area contributed by atoms with Gasteiger partial charge < -0.3 is 30.1 Å². The van der Waals surface area contributed by atoms with Crippen LogP contribution in [0.1, 0.15) is 20.7 Å². The summed E-state index contributed by atoms with van der Waals surface area (Å²) in [6.45, 7) is 5.06. The first-order chi connectivity index (χ1) is 16.1. The van der Waals surface area contributed by atoms with Gasteiger partial charge in [0.1, 0.15) is 0 Å². The number of carbonyl (C=O) groups excluding carboxylic acids is 3. The van der Waals surface area contributed by atoms with Crippen LogP contribution in [-0.2, 0) is 4.74 Å². The van der Waals surface area contributed by atoms with Crippen molar-refractivity contribution >= 4 is 29.3 Å². The molecule has 2 aliphatic rings. The van der Waals surface area contributed by atoms with E-state index in [1.165, 1.54) is 7.11 Å². The van der Waals surface area contributed by atoms with E-state index in [1.54, 1.807) is 23.1 Å². The van der Waals surface area contributed by atoms with E-state index in [2.05, 4.69) is 15.5 Å². The van der Waals surface area contributed by atoms with Crippen LogP contribution in [0.5, 0.6) is 0 Å². The van der Waals surface area contributed by atoms with Crippen LogP contribution < -0.4 is 15.5 Å². The van der Waals surface area contributed by atoms with Crippen LogP contribution in [0.25, 0.3) is 0 Å². The molecule has 0 aliphatic carbocycles. The number of nitrogens with zero attached hydrogens (tertiary/aromatic N) is 3. The molecule has 0 radical (unpaired) electrons. The Labute approximate surface area is 193 Å². The third kappa shape index (κ3) is 5.25. The molecule has 0 bridgehead atoms. The van der Waals surface area contributed by atoms with E-state index >= 15 is 0 Å². The second-order valence-corrected chi connectivity index (χ2v) is 8.04. The van der Waals surface area contributed by atoms with Gasteiger partial charge in [-0.1, -0.05) is 18.2 Å². The van der Waals surface area contributed by atoms with E-state index in [-0.39, 0.29) is 17.9 Å². The number of anilines is 2. The lowest BCUT2D eigenvalue weighted by Gasteiger charge is -2.36. The highest BCUT2D eigenvalue weighted by Crippen LogP contribution is 2.29. The monoisotopic (exact) mass is 451 g/mol. The summed E-state index contributed by atoms with van der Waals surface area (Å²) in [5.41, 5.74) is 2.48. The lowest BCUT2D eigenvalue weighted by Crippen LogP contribution is -2.49. The van der Waals surface area contributed by atoms with Gasteiger partial charge in [0.2, 0.25) is 0 Å². The maximum atomic E-state index is 13.1. The second kappa shape index (κ2) is 10.4. The van der Waals surface area contributed by atoms with Crippen molar-refractivity contribution < 1.29 is 19.1 Å². The minimum atomic E-state index is -0.343. The molecule has 33 heavy (non-hydrogen) atoms. The van der Waals surface area contributed by atoms with Gasteiger partial charge in [0.05, 0.1) is 18.5 Å². The molecule has 9 nitrogen and oxygen atoms in total. The number of benzene rings is 2. The third-order valence-corrected chi connectivity index (χ3v) is 5.99. The molecule has 2 saturated heterocycles. The van der Waals surface area contributed by atoms with Crippen LogP contribution >= 0.6 is 0 Å². The molecule has 2 heterocycles. The molecule has 0 saturated carbocycles. The van der Waals surface area contributed by atoms with E-state index in [0.29, 0.717) is 56.1 Å². The molecule has 0 atom stereocenters. The van der Waals surface area contributed by atoms with Gasteiger partial charge in [-0.2, -0.15) is 0 Å². The minimum Gasteiger partial charge on any atom is -0.453 e. The standard InChI is InChI=1S/C24H29N5O4/c1-33-24(32)29-15-13-27(14-16-29)21-8-7-19(23(31)28-11-9-25-10-12-28)17-20(21)26-22(30)18-5-3-2-4-6-18/h2-8,17,25H,9-16H2,1H3,(H,26,30). The molecule has 2 aliphatic heterocycles. The summed E-state index contributed by atoms with van der Waals surface area (Å²) in [6.07, 6.45) is -0.343. The number of carbonyl (C=O) groups is 3. The molecule has 3 amide bonds. The molecule has 174 valence electrons. The number of amides is 3. The van der Waals surface area contributed by atoms with E-state index in [4.69, 9.17) is 4.74 Å². The number of hydrogen-bond acceptors (Lipinski definition) is 6. The summed E-state index contributed by atoms with van der Waals surface area (Å²) in [6, 6.07) is 14.4. The van der Waals surface area contributed by atoms with Gasteiger partial charge in [-0.05, 0) is 30.3 Å². The average Bonchev–Trinajstić information content (AvgIpc) is 2.89. The zero-order chi connectivity index (χ0) is 23.2. The zero-order valence-electron chi connectivity index (χ0n) is 18.8. The number of piperazine rings is 2. The molecule has 9 heteroatoms. The summed E-state index contributed by atoms with van der Waals surface area (Å²) < 4.78 is 4.82. The van der Waals surface area contributed by atoms with E-state index < -0.39 is 0 Å². The van der Waals surface area contributed by atoms with Crippen molar-refractivity contribution in [3.05, 3.63) is 59.7 Å². The van der Waals surface area contributed by atoms with Crippen molar-refractivity contribution in [2.45, 2.75) is 0 Å². The number of rotatable bonds is 4. The first-order valence-corrected chi connectivity index (χ1v) is 11.1. The van der Waals surface area contributed by atoms with E-state index in [1.807, 2.05) is 35.2 Å². The van der Waals surface area contributed by atoms with Crippen molar-refractivity contribution in [3.8, 4) is 0 Å². The highest BCUT2D eigenvalue weighted by Gasteiger charge is 2.25. The number of hydrogen-bond donors (Lipinski definition) is 2. The normalized spacial score (nSPS) is 16.3. The number of nitrogens with one attached hydrogen (secondary N) is 2. The second-order valence-electron chi connectivity index (χ2n) is 8.04. The van der Waals surface area contributed by atoms with E-state index in [0.717, 1.165) is 18.8 Å². The van der Waals surface area contributed by atoms with Crippen LogP contribution in [-0.4, -0.2) is 87.2 Å². The molecule has 2 N–H and O–H groups in total. The molecule has 0 unspecified atom stereocenters. The van der Waals surface area contributed by atoms with Crippen LogP contribution in [0.3, 0.4) is 0 Å². The predicted octanol–water partition coefficient (Wildman–Crippen LogP) is 1.87. The summed E-state index contributed by atoms with van der Waals surface area (Å²) in [5.74, 6) is -0.286. The summed E-state index contributed by atoms with van der Waals surface area (Å²) >= 11 is 0. The molecular weight excluding hydrogens is 422 g/mol. The first-order valence-electron chi connectivity index (χ1n) is 11.1. The van der Waals surface area contributed by atoms with E-state index in [9.17, 15) is 14.4 Å². The van der Waals surface area contributed by atoms with Crippen LogP contribution in [0.15, 0.2) is 48.5 Å². The van der Waals surface area contributed by atoms with Crippen LogP contribution in [0, 0.1) is 0 Å². The third-order valence-electron chi connectivity index (χ3n) is 5.99. The molecule has 2 aromatic carbocycles. The van der Waals surface area contributed by atoms with Crippen molar-refractivity contribution in [1.82, 2.24) is 15.1 Å². The largest absolute Gasteiger partial charge is 0.453 e. The lowest BCUT2D eigenvalue weighted by molar-refractivity contribution is 0.0735. The summed E-state index contributed by atoms with van der Waals surface area (Å²) in [7, 11) is 1.38. The Morgan fingerprint density at radius 1 is 0.848 bits per heavy atom. The Morgan fingerprint density at radius 2 is 1.55 bits per heavy atom. The Kier molecular flexibility index (Phi) is 7.09. The highest BCUT2D eigenvalue weighted by molar-refractivity contribution is 6.07. The minimum absolute atomic E-state index is 0.0474. The Hall–Kier alpha value is -3.59. The fraction of sp³-hybridized carbons (Fsp3) is 0.375. The molecule has 2 aromatic rings. The van der Waals surface area contributed by atoms with Crippen molar-refractivity contribution in [3.63, 3.8) is 0 Å². The van der Waals surface area contributed by atoms with Crippen LogP contribution in [0.2, 0.25) is 0 Å². The van der Waals surface area contributed by atoms with Gasteiger partial charge in [-0.25, -0.2) is 4.79 Å². The molecular formula is C24H29N5O4. The topological polar surface area (TPSA) is 94.2 Å². The fourth-order valence-electron chi connectivity index (χ4n) is 4.14. The number of methoxy groups -OCH3 is 1. The van der Waals surface area contributed by atoms with Gasteiger partial charge >= 0.3 is 6.09 Å². The number of ether oxygens (including phenoxy) is 1. The van der Waals surface area contributed by atoms with Crippen molar-refractivity contribution in [2.24, 2.45) is 0 Å².